The number of amides is 1. The monoisotopic (exact) mass is 394 g/mol. The molecule has 1 saturated heterocycles. The van der Waals surface area contributed by atoms with E-state index in [9.17, 15) is 9.18 Å². The molecule has 0 atom stereocenters. The molecule has 0 spiro atoms. The van der Waals surface area contributed by atoms with Crippen molar-refractivity contribution >= 4 is 5.91 Å². The second-order valence-electron chi connectivity index (χ2n) is 7.27. The molecule has 2 aromatic heterocycles. The first kappa shape index (κ1) is 19.1. The molecule has 1 aliphatic rings. The van der Waals surface area contributed by atoms with Crippen LogP contribution in [-0.4, -0.2) is 44.8 Å². The van der Waals surface area contributed by atoms with E-state index in [4.69, 9.17) is 4.74 Å². The fourth-order valence-corrected chi connectivity index (χ4v) is 3.50. The van der Waals surface area contributed by atoms with Gasteiger partial charge in [-0.25, -0.2) is 14.1 Å². The average molecular weight is 394 g/mol. The summed E-state index contributed by atoms with van der Waals surface area (Å²) in [4.78, 5) is 18.8. The molecule has 29 heavy (non-hydrogen) atoms. The molecule has 1 amide bonds. The summed E-state index contributed by atoms with van der Waals surface area (Å²) < 4.78 is 21.4. The third kappa shape index (κ3) is 4.13. The molecular formula is C22H23FN4O2. The summed E-state index contributed by atoms with van der Waals surface area (Å²) in [5.74, 6) is -0.524. The highest BCUT2D eigenvalue weighted by atomic mass is 19.1. The Morgan fingerprint density at radius 1 is 1.10 bits per heavy atom. The molecule has 7 heteroatoms. The van der Waals surface area contributed by atoms with Crippen LogP contribution in [0.25, 0.3) is 5.69 Å². The Labute approximate surface area is 168 Å². The molecule has 1 aromatic carbocycles. The van der Waals surface area contributed by atoms with Crippen LogP contribution in [0.5, 0.6) is 5.88 Å². The number of hydrogen-bond donors (Lipinski definition) is 0. The molecule has 0 N–H and O–H groups in total. The van der Waals surface area contributed by atoms with Crippen LogP contribution in [0.4, 0.5) is 4.39 Å². The van der Waals surface area contributed by atoms with E-state index in [-0.39, 0.29) is 17.9 Å². The van der Waals surface area contributed by atoms with Gasteiger partial charge in [-0.3, -0.25) is 4.79 Å². The van der Waals surface area contributed by atoms with Crippen molar-refractivity contribution in [3.05, 3.63) is 71.4 Å². The third-order valence-electron chi connectivity index (χ3n) is 5.07. The number of benzene rings is 1. The van der Waals surface area contributed by atoms with E-state index in [1.807, 2.05) is 43.3 Å². The molecule has 0 aliphatic carbocycles. The maximum atomic E-state index is 13.9. The second-order valence-corrected chi connectivity index (χ2v) is 7.27. The molecule has 3 heterocycles. The molecule has 0 radical (unpaired) electrons. The van der Waals surface area contributed by atoms with Gasteiger partial charge in [-0.05, 0) is 44.2 Å². The van der Waals surface area contributed by atoms with Crippen molar-refractivity contribution < 1.29 is 13.9 Å². The quantitative estimate of drug-likeness (QED) is 0.677. The Morgan fingerprint density at radius 2 is 1.83 bits per heavy atom. The minimum Gasteiger partial charge on any atom is -0.472 e. The number of nitrogens with zero attached hydrogens (tertiary/aromatic N) is 4. The van der Waals surface area contributed by atoms with Crippen LogP contribution in [-0.2, 0) is 0 Å². The van der Waals surface area contributed by atoms with Crippen molar-refractivity contribution in [1.82, 2.24) is 19.7 Å². The number of aryl methyl sites for hydroxylation is 2. The largest absolute Gasteiger partial charge is 0.472 e. The molecule has 150 valence electrons. The van der Waals surface area contributed by atoms with Crippen LogP contribution >= 0.6 is 0 Å². The van der Waals surface area contributed by atoms with E-state index in [0.29, 0.717) is 37.3 Å². The van der Waals surface area contributed by atoms with Crippen molar-refractivity contribution in [1.29, 1.82) is 0 Å². The molecule has 1 fully saturated rings. The number of hydrogen-bond acceptors (Lipinski definition) is 4. The van der Waals surface area contributed by atoms with Crippen LogP contribution in [0.2, 0.25) is 0 Å². The van der Waals surface area contributed by atoms with Gasteiger partial charge >= 0.3 is 0 Å². The zero-order chi connectivity index (χ0) is 20.4. The molecular weight excluding hydrogens is 371 g/mol. The first-order valence-electron chi connectivity index (χ1n) is 9.72. The number of likely N-dealkylation sites (tertiary alicyclic amines) is 1. The predicted molar refractivity (Wildman–Crippen MR) is 107 cm³/mol. The summed E-state index contributed by atoms with van der Waals surface area (Å²) in [5, 5.41) is 4.50. The lowest BCUT2D eigenvalue weighted by Crippen LogP contribution is -2.42. The van der Waals surface area contributed by atoms with Crippen molar-refractivity contribution in [2.24, 2.45) is 0 Å². The van der Waals surface area contributed by atoms with E-state index in [0.717, 1.165) is 11.4 Å². The van der Waals surface area contributed by atoms with Gasteiger partial charge in [-0.15, -0.1) is 0 Å². The van der Waals surface area contributed by atoms with Gasteiger partial charge in [-0.1, -0.05) is 18.2 Å². The first-order valence-corrected chi connectivity index (χ1v) is 9.72. The standard InChI is InChI=1S/C22H23FN4O2/c1-15-8-9-19(23)21(24-15)29-18-10-12-26(13-11-18)22(28)20-14-16(2)27(25-20)17-6-4-3-5-7-17/h3-9,14,18H,10-13H2,1-2H3. The second kappa shape index (κ2) is 8.03. The van der Waals surface area contributed by atoms with Crippen LogP contribution < -0.4 is 4.74 Å². The maximum Gasteiger partial charge on any atom is 0.274 e. The number of piperidine rings is 1. The van der Waals surface area contributed by atoms with E-state index in [1.54, 1.807) is 22.6 Å². The van der Waals surface area contributed by atoms with E-state index < -0.39 is 5.82 Å². The summed E-state index contributed by atoms with van der Waals surface area (Å²) in [6.07, 6.45) is 1.09. The van der Waals surface area contributed by atoms with Crippen LogP contribution in [0.3, 0.4) is 0 Å². The molecule has 4 rings (SSSR count). The molecule has 0 saturated carbocycles. The van der Waals surface area contributed by atoms with Crippen LogP contribution in [0.1, 0.15) is 34.7 Å². The lowest BCUT2D eigenvalue weighted by Gasteiger charge is -2.31. The Hall–Kier alpha value is -3.22. The number of pyridine rings is 1. The normalized spacial score (nSPS) is 14.8. The summed E-state index contributed by atoms with van der Waals surface area (Å²) in [7, 11) is 0. The third-order valence-corrected chi connectivity index (χ3v) is 5.07. The van der Waals surface area contributed by atoms with Crippen LogP contribution in [0.15, 0.2) is 48.5 Å². The van der Waals surface area contributed by atoms with Gasteiger partial charge in [0.15, 0.2) is 11.5 Å². The summed E-state index contributed by atoms with van der Waals surface area (Å²) in [6.45, 7) is 4.80. The highest BCUT2D eigenvalue weighted by molar-refractivity contribution is 5.92. The molecule has 1 aliphatic heterocycles. The minimum absolute atomic E-state index is 0.0343. The van der Waals surface area contributed by atoms with Gasteiger partial charge in [0, 0.05) is 37.3 Å². The SMILES string of the molecule is Cc1ccc(F)c(OC2CCN(C(=O)c3cc(C)n(-c4ccccc4)n3)CC2)n1. The number of aromatic nitrogens is 3. The van der Waals surface area contributed by atoms with Crippen molar-refractivity contribution in [2.45, 2.75) is 32.8 Å². The number of ether oxygens (including phenoxy) is 1. The zero-order valence-corrected chi connectivity index (χ0v) is 16.5. The van der Waals surface area contributed by atoms with Gasteiger partial charge in [0.05, 0.1) is 5.69 Å². The van der Waals surface area contributed by atoms with E-state index in [2.05, 4.69) is 10.1 Å². The Bertz CT molecular complexity index is 1010. The Kier molecular flexibility index (Phi) is 5.29. The highest BCUT2D eigenvalue weighted by Gasteiger charge is 2.27. The average Bonchev–Trinajstić information content (AvgIpc) is 3.13. The van der Waals surface area contributed by atoms with Gasteiger partial charge in [0.25, 0.3) is 11.8 Å². The fraction of sp³-hybridized carbons (Fsp3) is 0.318. The number of rotatable bonds is 4. The summed E-state index contributed by atoms with van der Waals surface area (Å²) in [6, 6.07) is 14.5. The minimum atomic E-state index is -0.462. The molecule has 3 aromatic rings. The van der Waals surface area contributed by atoms with E-state index in [1.165, 1.54) is 6.07 Å². The smallest absolute Gasteiger partial charge is 0.274 e. The van der Waals surface area contributed by atoms with Crippen LogP contribution in [0, 0.1) is 19.7 Å². The van der Waals surface area contributed by atoms with E-state index >= 15 is 0 Å². The number of carbonyl (C=O) groups excluding carboxylic acids is 1. The summed E-state index contributed by atoms with van der Waals surface area (Å²) >= 11 is 0. The van der Waals surface area contributed by atoms with Gasteiger partial charge in [0.2, 0.25) is 0 Å². The van der Waals surface area contributed by atoms with Gasteiger partial charge in [0.1, 0.15) is 6.10 Å². The Morgan fingerprint density at radius 3 is 2.55 bits per heavy atom. The Balaban J connectivity index is 1.40. The lowest BCUT2D eigenvalue weighted by atomic mass is 10.1. The lowest BCUT2D eigenvalue weighted by molar-refractivity contribution is 0.0573. The molecule has 0 bridgehead atoms. The number of para-hydroxylation sites is 1. The van der Waals surface area contributed by atoms with Crippen molar-refractivity contribution in [3.63, 3.8) is 0 Å². The number of halogens is 1. The molecule has 0 unspecified atom stereocenters. The van der Waals surface area contributed by atoms with Crippen molar-refractivity contribution in [3.8, 4) is 11.6 Å². The first-order chi connectivity index (χ1) is 14.0. The zero-order valence-electron chi connectivity index (χ0n) is 16.5. The van der Waals surface area contributed by atoms with Gasteiger partial charge in [-0.2, -0.15) is 5.10 Å². The predicted octanol–water partition coefficient (Wildman–Crippen LogP) is 3.71. The summed E-state index contributed by atoms with van der Waals surface area (Å²) in [5.41, 5.74) is 2.96. The highest BCUT2D eigenvalue weighted by Crippen LogP contribution is 2.22. The van der Waals surface area contributed by atoms with Gasteiger partial charge < -0.3 is 9.64 Å². The number of carbonyl (C=O) groups is 1. The molecule has 6 nitrogen and oxygen atoms in total. The maximum absolute atomic E-state index is 13.9. The topological polar surface area (TPSA) is 60.2 Å². The fourth-order valence-electron chi connectivity index (χ4n) is 3.50. The van der Waals surface area contributed by atoms with Crippen molar-refractivity contribution in [2.75, 3.05) is 13.1 Å².